The molecule has 0 heterocycles. The Hall–Kier alpha value is -4.71. The van der Waals surface area contributed by atoms with Gasteiger partial charge in [0.05, 0.1) is 6.61 Å². The third-order valence-electron chi connectivity index (χ3n) is 6.85. The Balaban J connectivity index is 1.66. The first kappa shape index (κ1) is 28.3. The summed E-state index contributed by atoms with van der Waals surface area (Å²) in [4.78, 5) is 36.0. The highest BCUT2D eigenvalue weighted by molar-refractivity contribution is 5.91. The second-order valence-electron chi connectivity index (χ2n) is 10.0. The maximum Gasteiger partial charge on any atom is 0.338 e. The van der Waals surface area contributed by atoms with Crippen LogP contribution in [0.15, 0.2) is 91.6 Å². The summed E-state index contributed by atoms with van der Waals surface area (Å²) in [6, 6.07) is 17.4. The van der Waals surface area contributed by atoms with Gasteiger partial charge in [-0.15, -0.1) is 0 Å². The molecule has 1 atom stereocenters. The van der Waals surface area contributed by atoms with Crippen molar-refractivity contribution in [3.05, 3.63) is 108 Å². The molecule has 0 saturated carbocycles. The third kappa shape index (κ3) is 6.29. The highest BCUT2D eigenvalue weighted by Crippen LogP contribution is 2.39. The molecule has 6 heteroatoms. The summed E-state index contributed by atoms with van der Waals surface area (Å²) in [5.74, 6) is -0.916. The zero-order valence-corrected chi connectivity index (χ0v) is 23.0. The molecule has 3 aromatic rings. The molecule has 0 amide bonds. The fourth-order valence-electron chi connectivity index (χ4n) is 4.70. The van der Waals surface area contributed by atoms with Gasteiger partial charge in [0, 0.05) is 34.8 Å². The molecule has 40 heavy (non-hydrogen) atoms. The van der Waals surface area contributed by atoms with Crippen LogP contribution in [0.1, 0.15) is 42.9 Å². The average Bonchev–Trinajstić information content (AvgIpc) is 3.33. The van der Waals surface area contributed by atoms with Gasteiger partial charge in [-0.25, -0.2) is 14.4 Å². The first-order chi connectivity index (χ1) is 19.1. The molecule has 3 aromatic carbocycles. The smallest absolute Gasteiger partial charge is 0.338 e. The van der Waals surface area contributed by atoms with Crippen LogP contribution >= 0.6 is 0 Å². The fraction of sp³-hybridized carbons (Fsp3) is 0.206. The molecule has 1 unspecified atom stereocenters. The van der Waals surface area contributed by atoms with Crippen LogP contribution in [0.4, 0.5) is 0 Å². The van der Waals surface area contributed by atoms with Crippen LogP contribution in [-0.2, 0) is 25.5 Å². The number of carbonyl (C=O) groups is 3. The summed E-state index contributed by atoms with van der Waals surface area (Å²) < 4.78 is 16.3. The number of hydrogen-bond donors (Lipinski definition) is 0. The molecule has 0 spiro atoms. The first-order valence-electron chi connectivity index (χ1n) is 13.0. The molecule has 0 bridgehead atoms. The standard InChI is InChI=1S/C34H32O6/c1-7-32(35)38-19-26-11-9-23-8-10-25(17-30(23)26)28-14-12-24(16-22(28)6)29-15-13-27(39-33(36)20(2)3)18-31(29)40-34(37)21(4)5/h7-8,10,12-18,26H,1-2,4,9,11,19H2,3,5-6H3. The predicted octanol–water partition coefficient (Wildman–Crippen LogP) is 7.05. The minimum absolute atomic E-state index is 0.154. The molecule has 0 N–H and O–H groups in total. The van der Waals surface area contributed by atoms with Gasteiger partial charge in [-0.1, -0.05) is 56.1 Å². The Morgan fingerprint density at radius 2 is 1.52 bits per heavy atom. The lowest BCUT2D eigenvalue weighted by atomic mass is 9.92. The van der Waals surface area contributed by atoms with E-state index in [0.717, 1.165) is 35.1 Å². The molecule has 1 aliphatic rings. The minimum atomic E-state index is -0.579. The SMILES string of the molecule is C=CC(=O)OCC1CCc2ccc(-c3ccc(-c4ccc(OC(=O)C(=C)C)cc4OC(=O)C(=C)C)cc3C)cc21. The quantitative estimate of drug-likeness (QED) is 0.166. The van der Waals surface area contributed by atoms with Gasteiger partial charge < -0.3 is 14.2 Å². The predicted molar refractivity (Wildman–Crippen MR) is 155 cm³/mol. The lowest BCUT2D eigenvalue weighted by Crippen LogP contribution is -2.11. The van der Waals surface area contributed by atoms with E-state index >= 15 is 0 Å². The number of esters is 3. The number of ether oxygens (including phenoxy) is 3. The van der Waals surface area contributed by atoms with Crippen molar-refractivity contribution in [1.29, 1.82) is 0 Å². The van der Waals surface area contributed by atoms with E-state index < -0.39 is 17.9 Å². The van der Waals surface area contributed by atoms with Gasteiger partial charge in [0.25, 0.3) is 0 Å². The highest BCUT2D eigenvalue weighted by Gasteiger charge is 2.24. The van der Waals surface area contributed by atoms with Crippen molar-refractivity contribution in [2.24, 2.45) is 0 Å². The van der Waals surface area contributed by atoms with Gasteiger partial charge in [-0.05, 0) is 79.1 Å². The fourth-order valence-corrected chi connectivity index (χ4v) is 4.70. The maximum absolute atomic E-state index is 12.4. The van der Waals surface area contributed by atoms with Gasteiger partial charge in [0.1, 0.15) is 11.5 Å². The van der Waals surface area contributed by atoms with E-state index in [4.69, 9.17) is 14.2 Å². The zero-order valence-electron chi connectivity index (χ0n) is 23.0. The Bertz CT molecular complexity index is 1540. The van der Waals surface area contributed by atoms with Gasteiger partial charge in [-0.2, -0.15) is 0 Å². The third-order valence-corrected chi connectivity index (χ3v) is 6.85. The average molecular weight is 537 g/mol. The number of benzene rings is 3. The number of fused-ring (bicyclic) bond motifs is 1. The van der Waals surface area contributed by atoms with E-state index in [1.54, 1.807) is 26.0 Å². The number of carbonyl (C=O) groups excluding carboxylic acids is 3. The summed E-state index contributed by atoms with van der Waals surface area (Å²) in [6.07, 6.45) is 3.07. The molecule has 1 aliphatic carbocycles. The second-order valence-corrected chi connectivity index (χ2v) is 10.0. The number of aryl methyl sites for hydroxylation is 2. The molecule has 6 nitrogen and oxygen atoms in total. The normalized spacial score (nSPS) is 13.6. The molecule has 0 fully saturated rings. The van der Waals surface area contributed by atoms with Crippen molar-refractivity contribution in [2.45, 2.75) is 39.5 Å². The van der Waals surface area contributed by atoms with Crippen molar-refractivity contribution < 1.29 is 28.6 Å². The maximum atomic E-state index is 12.4. The summed E-state index contributed by atoms with van der Waals surface area (Å²) in [6.45, 7) is 16.2. The Morgan fingerprint density at radius 3 is 2.20 bits per heavy atom. The van der Waals surface area contributed by atoms with E-state index in [1.807, 2.05) is 25.1 Å². The lowest BCUT2D eigenvalue weighted by Gasteiger charge is -2.16. The van der Waals surface area contributed by atoms with Crippen molar-refractivity contribution in [1.82, 2.24) is 0 Å². The van der Waals surface area contributed by atoms with Crippen LogP contribution in [0.5, 0.6) is 11.5 Å². The van der Waals surface area contributed by atoms with Gasteiger partial charge in [0.15, 0.2) is 0 Å². The molecule has 204 valence electrons. The van der Waals surface area contributed by atoms with E-state index in [2.05, 4.69) is 37.9 Å². The van der Waals surface area contributed by atoms with Gasteiger partial charge in [0.2, 0.25) is 0 Å². The monoisotopic (exact) mass is 536 g/mol. The topological polar surface area (TPSA) is 78.9 Å². The summed E-state index contributed by atoms with van der Waals surface area (Å²) in [7, 11) is 0. The van der Waals surface area contributed by atoms with Crippen molar-refractivity contribution in [3.63, 3.8) is 0 Å². The van der Waals surface area contributed by atoms with Gasteiger partial charge >= 0.3 is 17.9 Å². The molecule has 0 saturated heterocycles. The minimum Gasteiger partial charge on any atom is -0.462 e. The number of hydrogen-bond acceptors (Lipinski definition) is 6. The Kier molecular flexibility index (Phi) is 8.49. The number of rotatable bonds is 9. The second kappa shape index (κ2) is 12.0. The molecule has 4 rings (SSSR count). The largest absolute Gasteiger partial charge is 0.462 e. The molecular formula is C34H32O6. The van der Waals surface area contributed by atoms with Crippen LogP contribution in [0.2, 0.25) is 0 Å². The Labute approximate surface area is 234 Å². The lowest BCUT2D eigenvalue weighted by molar-refractivity contribution is -0.138. The van der Waals surface area contributed by atoms with Crippen LogP contribution < -0.4 is 9.47 Å². The first-order valence-corrected chi connectivity index (χ1v) is 13.0. The van der Waals surface area contributed by atoms with Gasteiger partial charge in [-0.3, -0.25) is 0 Å². The summed E-state index contributed by atoms with van der Waals surface area (Å²) in [5, 5.41) is 0. The van der Waals surface area contributed by atoms with Crippen LogP contribution in [-0.4, -0.2) is 24.5 Å². The van der Waals surface area contributed by atoms with E-state index in [-0.39, 0.29) is 28.6 Å². The van der Waals surface area contributed by atoms with E-state index in [0.29, 0.717) is 12.2 Å². The van der Waals surface area contributed by atoms with Crippen LogP contribution in [0.3, 0.4) is 0 Å². The summed E-state index contributed by atoms with van der Waals surface area (Å²) >= 11 is 0. The highest BCUT2D eigenvalue weighted by atomic mass is 16.5. The zero-order chi connectivity index (χ0) is 29.0. The Morgan fingerprint density at radius 1 is 0.875 bits per heavy atom. The molecule has 0 aromatic heterocycles. The van der Waals surface area contributed by atoms with Crippen molar-refractivity contribution in [2.75, 3.05) is 6.61 Å². The molecule has 0 radical (unpaired) electrons. The summed E-state index contributed by atoms with van der Waals surface area (Å²) in [5.41, 5.74) is 7.63. The van der Waals surface area contributed by atoms with E-state index in [1.165, 1.54) is 23.3 Å². The van der Waals surface area contributed by atoms with E-state index in [9.17, 15) is 14.4 Å². The van der Waals surface area contributed by atoms with Crippen molar-refractivity contribution in [3.8, 4) is 33.8 Å². The molecular weight excluding hydrogens is 504 g/mol. The van der Waals surface area contributed by atoms with Crippen LogP contribution in [0, 0.1) is 6.92 Å². The van der Waals surface area contributed by atoms with Crippen molar-refractivity contribution >= 4 is 17.9 Å². The molecule has 0 aliphatic heterocycles. The van der Waals surface area contributed by atoms with Crippen LogP contribution in [0.25, 0.3) is 22.3 Å².